The summed E-state index contributed by atoms with van der Waals surface area (Å²) in [5.74, 6) is -1.32. The van der Waals surface area contributed by atoms with Crippen molar-refractivity contribution in [2.24, 2.45) is 0 Å². The monoisotopic (exact) mass is 414 g/mol. The van der Waals surface area contributed by atoms with E-state index in [1.165, 1.54) is 11.3 Å². The van der Waals surface area contributed by atoms with Crippen LogP contribution in [0.25, 0.3) is 0 Å². The summed E-state index contributed by atoms with van der Waals surface area (Å²) >= 11 is 1.28. The fraction of sp³-hybridized carbons (Fsp3) is 0.429. The van der Waals surface area contributed by atoms with E-state index in [0.717, 1.165) is 23.7 Å². The van der Waals surface area contributed by atoms with Crippen molar-refractivity contribution in [1.82, 2.24) is 19.8 Å². The molecular formula is C21H26N4O3S. The number of thiazole rings is 1. The van der Waals surface area contributed by atoms with Crippen molar-refractivity contribution in [2.75, 3.05) is 26.2 Å². The van der Waals surface area contributed by atoms with Gasteiger partial charge in [0.15, 0.2) is 5.76 Å². The molecule has 0 aromatic carbocycles. The summed E-state index contributed by atoms with van der Waals surface area (Å²) in [7, 11) is 0. The molecule has 0 saturated carbocycles. The van der Waals surface area contributed by atoms with Crippen LogP contribution >= 0.6 is 11.3 Å². The molecule has 1 N–H and O–H groups in total. The number of aromatic nitrogens is 2. The largest absolute Gasteiger partial charge is 0.503 e. The van der Waals surface area contributed by atoms with E-state index in [0.29, 0.717) is 23.7 Å². The number of hydrogen-bond acceptors (Lipinski definition) is 7. The highest BCUT2D eigenvalue weighted by Crippen LogP contribution is 2.39. The maximum absolute atomic E-state index is 13.4. The van der Waals surface area contributed by atoms with Crippen LogP contribution in [0.2, 0.25) is 0 Å². The van der Waals surface area contributed by atoms with Crippen LogP contribution < -0.4 is 0 Å². The number of carbonyl (C=O) groups excluding carboxylic acids is 2. The normalized spacial score (nSPS) is 16.9. The van der Waals surface area contributed by atoms with Gasteiger partial charge in [0.2, 0.25) is 5.78 Å². The first kappa shape index (κ1) is 21.1. The maximum atomic E-state index is 13.4. The number of carbonyl (C=O) groups is 2. The molecule has 0 aliphatic carbocycles. The summed E-state index contributed by atoms with van der Waals surface area (Å²) < 4.78 is 0. The number of ketones is 1. The van der Waals surface area contributed by atoms with Crippen molar-refractivity contribution in [3.05, 3.63) is 57.0 Å². The number of hydrogen-bond donors (Lipinski definition) is 1. The van der Waals surface area contributed by atoms with Crippen LogP contribution in [-0.2, 0) is 4.79 Å². The molecule has 3 heterocycles. The molecule has 2 aromatic heterocycles. The van der Waals surface area contributed by atoms with E-state index in [9.17, 15) is 14.7 Å². The Morgan fingerprint density at radius 1 is 1.24 bits per heavy atom. The number of aliphatic hydroxyl groups is 1. The minimum Gasteiger partial charge on any atom is -0.503 e. The zero-order valence-electron chi connectivity index (χ0n) is 17.2. The Bertz CT molecular complexity index is 935. The Morgan fingerprint density at radius 2 is 1.90 bits per heavy atom. The van der Waals surface area contributed by atoms with E-state index in [2.05, 4.69) is 28.7 Å². The Hall–Kier alpha value is -2.58. The van der Waals surface area contributed by atoms with Crippen LogP contribution in [0.5, 0.6) is 0 Å². The lowest BCUT2D eigenvalue weighted by Crippen LogP contribution is -2.38. The molecule has 0 saturated heterocycles. The average molecular weight is 415 g/mol. The minimum absolute atomic E-state index is 0.118. The lowest BCUT2D eigenvalue weighted by atomic mass is 9.96. The van der Waals surface area contributed by atoms with Crippen LogP contribution in [-0.4, -0.2) is 62.7 Å². The molecule has 7 nitrogen and oxygen atoms in total. The van der Waals surface area contributed by atoms with Crippen LogP contribution in [0.3, 0.4) is 0 Å². The Balaban J connectivity index is 2.02. The van der Waals surface area contributed by atoms with E-state index in [1.54, 1.807) is 36.4 Å². The molecule has 2 aromatic rings. The zero-order valence-corrected chi connectivity index (χ0v) is 18.0. The molecule has 0 fully saturated rings. The lowest BCUT2D eigenvalue weighted by molar-refractivity contribution is -0.129. The number of nitrogens with zero attached hydrogens (tertiary/aromatic N) is 4. The van der Waals surface area contributed by atoms with Gasteiger partial charge >= 0.3 is 0 Å². The molecule has 8 heteroatoms. The van der Waals surface area contributed by atoms with Crippen LogP contribution in [0, 0.1) is 13.8 Å². The molecule has 1 amide bonds. The molecular weight excluding hydrogens is 388 g/mol. The van der Waals surface area contributed by atoms with E-state index >= 15 is 0 Å². The average Bonchev–Trinajstić information content (AvgIpc) is 3.19. The Labute approximate surface area is 174 Å². The Morgan fingerprint density at radius 3 is 2.45 bits per heavy atom. The fourth-order valence-corrected chi connectivity index (χ4v) is 4.54. The predicted molar refractivity (Wildman–Crippen MR) is 112 cm³/mol. The van der Waals surface area contributed by atoms with E-state index < -0.39 is 17.7 Å². The zero-order chi connectivity index (χ0) is 21.1. The van der Waals surface area contributed by atoms with Gasteiger partial charge in [-0.1, -0.05) is 13.8 Å². The van der Waals surface area contributed by atoms with Crippen molar-refractivity contribution in [3.8, 4) is 0 Å². The van der Waals surface area contributed by atoms with Crippen molar-refractivity contribution in [3.63, 3.8) is 0 Å². The topological polar surface area (TPSA) is 86.6 Å². The minimum atomic E-state index is -0.643. The lowest BCUT2D eigenvalue weighted by Gasteiger charge is -2.29. The fourth-order valence-electron chi connectivity index (χ4n) is 3.66. The molecule has 0 bridgehead atoms. The van der Waals surface area contributed by atoms with Gasteiger partial charge in [0.05, 0.1) is 27.2 Å². The number of aryl methyl sites for hydroxylation is 2. The number of likely N-dealkylation sites (N-methyl/N-ethyl adjacent to an activating group) is 1. The molecule has 154 valence electrons. The van der Waals surface area contributed by atoms with E-state index in [-0.39, 0.29) is 11.4 Å². The van der Waals surface area contributed by atoms with Gasteiger partial charge in [0.25, 0.3) is 5.91 Å². The van der Waals surface area contributed by atoms with Crippen molar-refractivity contribution >= 4 is 23.0 Å². The van der Waals surface area contributed by atoms with Gasteiger partial charge in [-0.2, -0.15) is 0 Å². The van der Waals surface area contributed by atoms with E-state index in [4.69, 9.17) is 0 Å². The highest BCUT2D eigenvalue weighted by molar-refractivity contribution is 7.14. The van der Waals surface area contributed by atoms with Gasteiger partial charge in [-0.3, -0.25) is 14.6 Å². The molecule has 0 unspecified atom stereocenters. The van der Waals surface area contributed by atoms with Gasteiger partial charge in [-0.25, -0.2) is 4.98 Å². The molecule has 1 aliphatic heterocycles. The number of Topliss-reactive ketones (excluding diaryl/α,β-unsaturated/α-hetero) is 1. The van der Waals surface area contributed by atoms with E-state index in [1.807, 2.05) is 6.92 Å². The molecule has 0 radical (unpaired) electrons. The number of rotatable bonds is 8. The van der Waals surface area contributed by atoms with Gasteiger partial charge in [0, 0.05) is 25.5 Å². The number of aliphatic hydroxyl groups excluding tert-OH is 1. The van der Waals surface area contributed by atoms with Gasteiger partial charge < -0.3 is 14.9 Å². The predicted octanol–water partition coefficient (Wildman–Crippen LogP) is 3.08. The second kappa shape index (κ2) is 8.84. The highest BCUT2D eigenvalue weighted by Gasteiger charge is 2.44. The third kappa shape index (κ3) is 4.09. The van der Waals surface area contributed by atoms with Gasteiger partial charge in [-0.05, 0) is 44.6 Å². The molecule has 1 atom stereocenters. The summed E-state index contributed by atoms with van der Waals surface area (Å²) in [4.78, 5) is 38.9. The summed E-state index contributed by atoms with van der Waals surface area (Å²) in [6.45, 7) is 10.5. The molecule has 1 aliphatic rings. The first-order valence-corrected chi connectivity index (χ1v) is 10.6. The quantitative estimate of drug-likeness (QED) is 0.668. The molecule has 3 rings (SSSR count). The Kier molecular flexibility index (Phi) is 6.44. The van der Waals surface area contributed by atoms with Crippen LogP contribution in [0.15, 0.2) is 35.9 Å². The third-order valence-corrected chi connectivity index (χ3v) is 6.30. The van der Waals surface area contributed by atoms with Crippen LogP contribution in [0.4, 0.5) is 0 Å². The molecule has 29 heavy (non-hydrogen) atoms. The summed E-state index contributed by atoms with van der Waals surface area (Å²) in [6, 6.07) is 2.91. The second-order valence-electron chi connectivity index (χ2n) is 6.95. The highest BCUT2D eigenvalue weighted by atomic mass is 32.1. The maximum Gasteiger partial charge on any atom is 0.290 e. The first-order chi connectivity index (χ1) is 13.9. The summed E-state index contributed by atoms with van der Waals surface area (Å²) in [5.41, 5.74) is 1.48. The van der Waals surface area contributed by atoms with Crippen molar-refractivity contribution < 1.29 is 14.7 Å². The molecule has 0 spiro atoms. The summed E-state index contributed by atoms with van der Waals surface area (Å²) in [5, 5.41) is 11.5. The first-order valence-electron chi connectivity index (χ1n) is 9.74. The smallest absolute Gasteiger partial charge is 0.290 e. The number of amides is 1. The van der Waals surface area contributed by atoms with Crippen molar-refractivity contribution in [2.45, 2.75) is 33.7 Å². The SMILES string of the molecule is CCN(CC)CCN1C(=O)C(O)=C(C(=O)c2sc(C)nc2C)[C@H]1c1ccncc1. The summed E-state index contributed by atoms with van der Waals surface area (Å²) in [6.07, 6.45) is 3.25. The van der Waals surface area contributed by atoms with Crippen molar-refractivity contribution in [1.29, 1.82) is 0 Å². The standard InChI is InChI=1S/C21H26N4O3S/c1-5-24(6-2)11-12-25-17(15-7-9-22-10-8-15)16(19(27)21(25)28)18(26)20-13(3)23-14(4)29-20/h7-10,17,27H,5-6,11-12H2,1-4H3/t17-/m1/s1. The van der Waals surface area contributed by atoms with Gasteiger partial charge in [-0.15, -0.1) is 11.3 Å². The second-order valence-corrected chi connectivity index (χ2v) is 8.15. The number of pyridine rings is 1. The van der Waals surface area contributed by atoms with Crippen LogP contribution in [0.1, 0.15) is 45.8 Å². The third-order valence-electron chi connectivity index (χ3n) is 5.23. The van der Waals surface area contributed by atoms with Gasteiger partial charge in [0.1, 0.15) is 0 Å².